The van der Waals surface area contributed by atoms with Gasteiger partial charge >= 0.3 is 0 Å². The molecule has 1 N–H and O–H groups in total. The maximum Gasteiger partial charge on any atom is 0.0252 e. The Labute approximate surface area is 105 Å². The Hall–Kier alpha value is -0.860. The summed E-state index contributed by atoms with van der Waals surface area (Å²) < 4.78 is 0. The lowest BCUT2D eigenvalue weighted by Crippen LogP contribution is -2.56. The van der Waals surface area contributed by atoms with E-state index in [9.17, 15) is 0 Å². The molecule has 0 atom stereocenters. The van der Waals surface area contributed by atoms with Crippen molar-refractivity contribution in [1.29, 1.82) is 0 Å². The summed E-state index contributed by atoms with van der Waals surface area (Å²) in [4.78, 5) is 2.56. The van der Waals surface area contributed by atoms with Gasteiger partial charge in [0.05, 0.1) is 0 Å². The lowest BCUT2D eigenvalue weighted by Gasteiger charge is -2.39. The second-order valence-electron chi connectivity index (χ2n) is 5.89. The molecule has 0 aliphatic carbocycles. The van der Waals surface area contributed by atoms with E-state index in [1.54, 1.807) is 0 Å². The van der Waals surface area contributed by atoms with Crippen LogP contribution in [0.4, 0.5) is 0 Å². The molecule has 0 saturated carbocycles. The van der Waals surface area contributed by atoms with Gasteiger partial charge in [-0.2, -0.15) is 0 Å². The summed E-state index contributed by atoms with van der Waals surface area (Å²) >= 11 is 0. The van der Waals surface area contributed by atoms with Crippen molar-refractivity contribution in [1.82, 2.24) is 10.2 Å². The van der Waals surface area contributed by atoms with Crippen molar-refractivity contribution in [3.8, 4) is 0 Å². The van der Waals surface area contributed by atoms with Gasteiger partial charge in [-0.15, -0.1) is 0 Å². The zero-order valence-electron chi connectivity index (χ0n) is 11.5. The summed E-state index contributed by atoms with van der Waals surface area (Å²) in [5, 5.41) is 3.56. The van der Waals surface area contributed by atoms with Crippen LogP contribution in [0.3, 0.4) is 0 Å². The van der Waals surface area contributed by atoms with Gasteiger partial charge in [0.1, 0.15) is 0 Å². The first-order valence-electron chi connectivity index (χ1n) is 6.50. The fourth-order valence-corrected chi connectivity index (χ4v) is 2.70. The molecule has 0 unspecified atom stereocenters. The van der Waals surface area contributed by atoms with E-state index in [1.807, 2.05) is 0 Å². The van der Waals surface area contributed by atoms with Gasteiger partial charge in [-0.05, 0) is 44.4 Å². The van der Waals surface area contributed by atoms with E-state index >= 15 is 0 Å². The van der Waals surface area contributed by atoms with Crippen LogP contribution >= 0.6 is 0 Å². The minimum atomic E-state index is 0.245. The number of nitrogens with zero attached hydrogens (tertiary/aromatic N) is 1. The van der Waals surface area contributed by atoms with Crippen LogP contribution in [0.2, 0.25) is 0 Å². The average molecular weight is 232 g/mol. The first-order chi connectivity index (χ1) is 7.98. The molecule has 0 amide bonds. The van der Waals surface area contributed by atoms with Crippen LogP contribution < -0.4 is 5.32 Å². The lowest BCUT2D eigenvalue weighted by molar-refractivity contribution is 0.148. The summed E-state index contributed by atoms with van der Waals surface area (Å²) in [6.07, 6.45) is 0. The lowest BCUT2D eigenvalue weighted by atomic mass is 9.99. The maximum absolute atomic E-state index is 3.56. The second-order valence-corrected chi connectivity index (χ2v) is 5.89. The van der Waals surface area contributed by atoms with E-state index in [-0.39, 0.29) is 5.54 Å². The van der Waals surface area contributed by atoms with Gasteiger partial charge in [0.15, 0.2) is 0 Å². The van der Waals surface area contributed by atoms with E-state index in [0.717, 1.165) is 26.2 Å². The Morgan fingerprint density at radius 1 is 1.24 bits per heavy atom. The number of nitrogens with one attached hydrogen (secondary N) is 1. The number of aryl methyl sites for hydroxylation is 2. The summed E-state index contributed by atoms with van der Waals surface area (Å²) in [6.45, 7) is 13.5. The molecule has 0 spiro atoms. The van der Waals surface area contributed by atoms with E-state index in [4.69, 9.17) is 0 Å². The predicted molar refractivity (Wildman–Crippen MR) is 73.3 cm³/mol. The molecular formula is C15H24N2. The van der Waals surface area contributed by atoms with Gasteiger partial charge in [0.2, 0.25) is 0 Å². The van der Waals surface area contributed by atoms with E-state index in [0.29, 0.717) is 0 Å². The first-order valence-corrected chi connectivity index (χ1v) is 6.50. The van der Waals surface area contributed by atoms with Crippen LogP contribution in [0.25, 0.3) is 0 Å². The monoisotopic (exact) mass is 232 g/mol. The summed E-state index contributed by atoms with van der Waals surface area (Å²) in [6, 6.07) is 6.58. The van der Waals surface area contributed by atoms with Crippen molar-refractivity contribution in [2.75, 3.05) is 19.6 Å². The number of rotatable bonds is 2. The molecule has 1 aliphatic heterocycles. The Kier molecular flexibility index (Phi) is 3.55. The number of benzene rings is 1. The Morgan fingerprint density at radius 2 is 1.88 bits per heavy atom. The molecule has 1 fully saturated rings. The summed E-state index contributed by atoms with van der Waals surface area (Å²) in [5.74, 6) is 0. The van der Waals surface area contributed by atoms with Gasteiger partial charge in [-0.3, -0.25) is 4.90 Å². The van der Waals surface area contributed by atoms with Crippen molar-refractivity contribution >= 4 is 0 Å². The van der Waals surface area contributed by atoms with Crippen LogP contribution in [0.15, 0.2) is 18.2 Å². The Bertz CT molecular complexity index is 376. The zero-order valence-corrected chi connectivity index (χ0v) is 11.5. The van der Waals surface area contributed by atoms with Crippen LogP contribution in [0.1, 0.15) is 30.5 Å². The van der Waals surface area contributed by atoms with Gasteiger partial charge in [0, 0.05) is 31.7 Å². The maximum atomic E-state index is 3.56. The highest BCUT2D eigenvalue weighted by Crippen LogP contribution is 2.18. The smallest absolute Gasteiger partial charge is 0.0252 e. The van der Waals surface area contributed by atoms with Crippen LogP contribution in [-0.2, 0) is 6.54 Å². The third kappa shape index (κ3) is 3.08. The van der Waals surface area contributed by atoms with E-state index in [2.05, 4.69) is 56.1 Å². The van der Waals surface area contributed by atoms with Crippen molar-refractivity contribution < 1.29 is 0 Å². The molecule has 94 valence electrons. The molecule has 2 nitrogen and oxygen atoms in total. The van der Waals surface area contributed by atoms with Gasteiger partial charge in [-0.1, -0.05) is 18.2 Å². The molecule has 0 bridgehead atoms. The molecular weight excluding hydrogens is 208 g/mol. The quantitative estimate of drug-likeness (QED) is 0.843. The molecule has 2 heteroatoms. The SMILES string of the molecule is Cc1cccc(C)c1CN1CCNC(C)(C)C1. The van der Waals surface area contributed by atoms with Crippen LogP contribution in [-0.4, -0.2) is 30.1 Å². The topological polar surface area (TPSA) is 15.3 Å². The Balaban J connectivity index is 2.10. The highest BCUT2D eigenvalue weighted by atomic mass is 15.2. The molecule has 1 saturated heterocycles. The molecule has 1 aromatic rings. The summed E-state index contributed by atoms with van der Waals surface area (Å²) in [7, 11) is 0. The third-order valence-electron chi connectivity index (χ3n) is 3.68. The van der Waals surface area contributed by atoms with Crippen molar-refractivity contribution in [3.05, 3.63) is 34.9 Å². The summed E-state index contributed by atoms with van der Waals surface area (Å²) in [5.41, 5.74) is 4.59. The normalized spacial score (nSPS) is 20.5. The second kappa shape index (κ2) is 4.79. The fraction of sp³-hybridized carbons (Fsp3) is 0.600. The molecule has 2 rings (SSSR count). The van der Waals surface area contributed by atoms with Crippen molar-refractivity contribution in [2.24, 2.45) is 0 Å². The third-order valence-corrected chi connectivity index (χ3v) is 3.68. The van der Waals surface area contributed by atoms with Crippen molar-refractivity contribution in [3.63, 3.8) is 0 Å². The van der Waals surface area contributed by atoms with Crippen LogP contribution in [0, 0.1) is 13.8 Å². The number of hydrogen-bond donors (Lipinski definition) is 1. The minimum absolute atomic E-state index is 0.245. The van der Waals surface area contributed by atoms with Crippen molar-refractivity contribution in [2.45, 2.75) is 39.8 Å². The first kappa shape index (κ1) is 12.6. The van der Waals surface area contributed by atoms with E-state index < -0.39 is 0 Å². The van der Waals surface area contributed by atoms with Gasteiger partial charge in [0.25, 0.3) is 0 Å². The van der Waals surface area contributed by atoms with Gasteiger partial charge in [-0.25, -0.2) is 0 Å². The largest absolute Gasteiger partial charge is 0.309 e. The number of hydrogen-bond acceptors (Lipinski definition) is 2. The molecule has 1 aliphatic rings. The minimum Gasteiger partial charge on any atom is -0.309 e. The Morgan fingerprint density at radius 3 is 2.47 bits per heavy atom. The highest BCUT2D eigenvalue weighted by molar-refractivity contribution is 5.33. The predicted octanol–water partition coefficient (Wildman–Crippen LogP) is 2.49. The zero-order chi connectivity index (χ0) is 12.5. The van der Waals surface area contributed by atoms with E-state index in [1.165, 1.54) is 16.7 Å². The van der Waals surface area contributed by atoms with Crippen LogP contribution in [0.5, 0.6) is 0 Å². The molecule has 1 heterocycles. The average Bonchev–Trinajstić information content (AvgIpc) is 2.22. The standard InChI is InChI=1S/C15H24N2/c1-12-6-5-7-13(2)14(12)10-17-9-8-16-15(3,4)11-17/h5-7,16H,8-11H2,1-4H3. The molecule has 1 aromatic carbocycles. The number of piperazine rings is 1. The highest BCUT2D eigenvalue weighted by Gasteiger charge is 2.25. The fourth-order valence-electron chi connectivity index (χ4n) is 2.70. The molecule has 0 aromatic heterocycles. The molecule has 17 heavy (non-hydrogen) atoms. The molecule has 0 radical (unpaired) electrons. The van der Waals surface area contributed by atoms with Gasteiger partial charge < -0.3 is 5.32 Å².